The van der Waals surface area contributed by atoms with Crippen LogP contribution in [0.3, 0.4) is 0 Å². The van der Waals surface area contributed by atoms with Crippen LogP contribution in [0.2, 0.25) is 0 Å². The zero-order valence-electron chi connectivity index (χ0n) is 18.3. The molecule has 1 saturated heterocycles. The smallest absolute Gasteiger partial charge is 0.306 e. The minimum absolute atomic E-state index is 0.000295. The molecule has 0 radical (unpaired) electrons. The molecule has 33 heavy (non-hydrogen) atoms. The lowest BCUT2D eigenvalue weighted by molar-refractivity contribution is -0.143. The Kier molecular flexibility index (Phi) is 6.37. The van der Waals surface area contributed by atoms with Crippen LogP contribution in [0.25, 0.3) is 10.2 Å². The Morgan fingerprint density at radius 1 is 1.00 bits per heavy atom. The Hall–Kier alpha value is -3.22. The standard InChI is InChI=1S/C27H26N2O3S/c30-27(31)21-14-16-29(17-15-21)25(26-28-23-8-4-5-9-24(23)33-26)20-10-12-22(13-11-20)32-18-19-6-2-1-3-7-19/h1-13,21,25H,14-18H2,(H,30,31). The molecule has 1 aromatic heterocycles. The second-order valence-corrected chi connectivity index (χ2v) is 9.48. The number of piperidine rings is 1. The summed E-state index contributed by atoms with van der Waals surface area (Å²) in [4.78, 5) is 18.8. The quantitative estimate of drug-likeness (QED) is 0.381. The van der Waals surface area contributed by atoms with Crippen molar-refractivity contribution in [3.63, 3.8) is 0 Å². The Bertz CT molecular complexity index is 1180. The Labute approximate surface area is 197 Å². The van der Waals surface area contributed by atoms with Crippen molar-refractivity contribution < 1.29 is 14.6 Å². The molecular weight excluding hydrogens is 432 g/mol. The maximum Gasteiger partial charge on any atom is 0.306 e. The summed E-state index contributed by atoms with van der Waals surface area (Å²) in [5, 5.41) is 10.5. The van der Waals surface area contributed by atoms with E-state index in [2.05, 4.69) is 35.2 Å². The zero-order valence-corrected chi connectivity index (χ0v) is 19.1. The lowest BCUT2D eigenvalue weighted by Crippen LogP contribution is -2.39. The number of nitrogens with zero attached hydrogens (tertiary/aromatic N) is 2. The second-order valence-electron chi connectivity index (χ2n) is 8.41. The molecule has 6 heteroatoms. The van der Waals surface area contributed by atoms with Gasteiger partial charge in [0, 0.05) is 0 Å². The van der Waals surface area contributed by atoms with E-state index in [0.29, 0.717) is 19.4 Å². The summed E-state index contributed by atoms with van der Waals surface area (Å²) in [6.07, 6.45) is 1.32. The lowest BCUT2D eigenvalue weighted by Gasteiger charge is -2.35. The molecule has 5 nitrogen and oxygen atoms in total. The normalized spacial score (nSPS) is 16.0. The zero-order chi connectivity index (χ0) is 22.6. The van der Waals surface area contributed by atoms with E-state index in [1.807, 2.05) is 48.5 Å². The fourth-order valence-electron chi connectivity index (χ4n) is 4.41. The molecular formula is C27H26N2O3S. The minimum atomic E-state index is -0.689. The molecule has 1 aliphatic heterocycles. The van der Waals surface area contributed by atoms with Gasteiger partial charge < -0.3 is 9.84 Å². The molecule has 0 bridgehead atoms. The molecule has 1 atom stereocenters. The summed E-state index contributed by atoms with van der Waals surface area (Å²) < 4.78 is 7.14. The SMILES string of the molecule is O=C(O)C1CCN(C(c2ccc(OCc3ccccc3)cc2)c2nc3ccccc3s2)CC1. The number of hydrogen-bond donors (Lipinski definition) is 1. The molecule has 2 heterocycles. The van der Waals surface area contributed by atoms with Gasteiger partial charge in [-0.1, -0.05) is 54.6 Å². The van der Waals surface area contributed by atoms with Gasteiger partial charge in [-0.25, -0.2) is 4.98 Å². The van der Waals surface area contributed by atoms with Gasteiger partial charge in [-0.2, -0.15) is 0 Å². The van der Waals surface area contributed by atoms with Crippen LogP contribution in [-0.4, -0.2) is 34.0 Å². The highest BCUT2D eigenvalue weighted by Gasteiger charge is 2.31. The molecule has 5 rings (SSSR count). The van der Waals surface area contributed by atoms with Gasteiger partial charge in [0.05, 0.1) is 22.2 Å². The minimum Gasteiger partial charge on any atom is -0.489 e. The van der Waals surface area contributed by atoms with E-state index in [0.717, 1.165) is 40.5 Å². The second kappa shape index (κ2) is 9.73. The molecule has 0 aliphatic carbocycles. The van der Waals surface area contributed by atoms with Gasteiger partial charge in [0.1, 0.15) is 17.4 Å². The molecule has 4 aromatic rings. The average Bonchev–Trinajstić information content (AvgIpc) is 3.28. The monoisotopic (exact) mass is 458 g/mol. The summed E-state index contributed by atoms with van der Waals surface area (Å²) in [6, 6.07) is 26.6. The number of thiazole rings is 1. The van der Waals surface area contributed by atoms with Crippen molar-refractivity contribution in [2.45, 2.75) is 25.5 Å². The van der Waals surface area contributed by atoms with Crippen molar-refractivity contribution >= 4 is 27.5 Å². The first-order chi connectivity index (χ1) is 16.2. The number of aliphatic carboxylic acids is 1. The summed E-state index contributed by atoms with van der Waals surface area (Å²) in [5.74, 6) is -0.118. The first-order valence-corrected chi connectivity index (χ1v) is 12.1. The fraction of sp³-hybridized carbons (Fsp3) is 0.259. The molecule has 168 valence electrons. The molecule has 3 aromatic carbocycles. The van der Waals surface area contributed by atoms with Crippen LogP contribution in [-0.2, 0) is 11.4 Å². The summed E-state index contributed by atoms with van der Waals surface area (Å²) in [7, 11) is 0. The van der Waals surface area contributed by atoms with E-state index >= 15 is 0 Å². The van der Waals surface area contributed by atoms with Crippen molar-refractivity contribution in [2.75, 3.05) is 13.1 Å². The number of carbonyl (C=O) groups is 1. The third kappa shape index (κ3) is 4.92. The molecule has 1 N–H and O–H groups in total. The molecule has 1 aliphatic rings. The Morgan fingerprint density at radius 2 is 1.70 bits per heavy atom. The Balaban J connectivity index is 1.39. The number of hydrogen-bond acceptors (Lipinski definition) is 5. The van der Waals surface area contributed by atoms with Crippen molar-refractivity contribution in [1.82, 2.24) is 9.88 Å². The van der Waals surface area contributed by atoms with Gasteiger partial charge in [0.15, 0.2) is 0 Å². The van der Waals surface area contributed by atoms with E-state index in [1.165, 1.54) is 4.70 Å². The van der Waals surface area contributed by atoms with E-state index < -0.39 is 5.97 Å². The van der Waals surface area contributed by atoms with E-state index in [4.69, 9.17) is 9.72 Å². The van der Waals surface area contributed by atoms with E-state index in [1.54, 1.807) is 11.3 Å². The van der Waals surface area contributed by atoms with Gasteiger partial charge in [-0.15, -0.1) is 11.3 Å². The van der Waals surface area contributed by atoms with Crippen LogP contribution in [0.1, 0.15) is 35.0 Å². The third-order valence-electron chi connectivity index (χ3n) is 6.23. The molecule has 0 saturated carbocycles. The lowest BCUT2D eigenvalue weighted by atomic mass is 9.94. The van der Waals surface area contributed by atoms with Gasteiger partial charge in [-0.3, -0.25) is 9.69 Å². The maximum absolute atomic E-state index is 11.4. The Morgan fingerprint density at radius 3 is 2.39 bits per heavy atom. The topological polar surface area (TPSA) is 62.7 Å². The number of carboxylic acid groups (broad SMARTS) is 1. The number of rotatable bonds is 7. The molecule has 0 amide bonds. The van der Waals surface area contributed by atoms with Crippen LogP contribution in [0.15, 0.2) is 78.9 Å². The van der Waals surface area contributed by atoms with Gasteiger partial charge >= 0.3 is 5.97 Å². The predicted molar refractivity (Wildman–Crippen MR) is 131 cm³/mol. The van der Waals surface area contributed by atoms with Crippen LogP contribution < -0.4 is 4.74 Å². The number of fused-ring (bicyclic) bond motifs is 1. The van der Waals surface area contributed by atoms with Gasteiger partial charge in [-0.05, 0) is 61.3 Å². The number of para-hydroxylation sites is 1. The van der Waals surface area contributed by atoms with E-state index in [9.17, 15) is 9.90 Å². The highest BCUT2D eigenvalue weighted by molar-refractivity contribution is 7.18. The highest BCUT2D eigenvalue weighted by Crippen LogP contribution is 2.37. The summed E-state index contributed by atoms with van der Waals surface area (Å²) in [5.41, 5.74) is 3.29. The summed E-state index contributed by atoms with van der Waals surface area (Å²) >= 11 is 1.71. The van der Waals surface area contributed by atoms with Gasteiger partial charge in [0.2, 0.25) is 0 Å². The van der Waals surface area contributed by atoms with Crippen molar-refractivity contribution in [2.24, 2.45) is 5.92 Å². The largest absolute Gasteiger partial charge is 0.489 e. The van der Waals surface area contributed by atoms with Crippen LogP contribution in [0.4, 0.5) is 0 Å². The van der Waals surface area contributed by atoms with Crippen molar-refractivity contribution in [3.8, 4) is 5.75 Å². The number of benzene rings is 3. The fourth-order valence-corrected chi connectivity index (χ4v) is 5.54. The number of ether oxygens (including phenoxy) is 1. The van der Waals surface area contributed by atoms with Crippen molar-refractivity contribution in [3.05, 3.63) is 95.0 Å². The van der Waals surface area contributed by atoms with Gasteiger partial charge in [0.25, 0.3) is 0 Å². The number of likely N-dealkylation sites (tertiary alicyclic amines) is 1. The average molecular weight is 459 g/mol. The first kappa shape index (κ1) is 21.6. The summed E-state index contributed by atoms with van der Waals surface area (Å²) in [6.45, 7) is 2.01. The van der Waals surface area contributed by atoms with Crippen molar-refractivity contribution in [1.29, 1.82) is 0 Å². The molecule has 0 spiro atoms. The maximum atomic E-state index is 11.4. The van der Waals surface area contributed by atoms with E-state index in [-0.39, 0.29) is 12.0 Å². The predicted octanol–water partition coefficient (Wildman–Crippen LogP) is 5.76. The van der Waals surface area contributed by atoms with Crippen LogP contribution in [0, 0.1) is 5.92 Å². The number of aromatic nitrogens is 1. The molecule has 1 unspecified atom stereocenters. The first-order valence-electron chi connectivity index (χ1n) is 11.3. The third-order valence-corrected chi connectivity index (χ3v) is 7.32. The highest BCUT2D eigenvalue weighted by atomic mass is 32.1. The number of carboxylic acids is 1. The van der Waals surface area contributed by atoms with Crippen LogP contribution in [0.5, 0.6) is 5.75 Å². The van der Waals surface area contributed by atoms with Crippen LogP contribution >= 0.6 is 11.3 Å². The molecule has 1 fully saturated rings.